The molecule has 0 bridgehead atoms. The van der Waals surface area contributed by atoms with Crippen molar-refractivity contribution in [3.05, 3.63) is 0 Å². The predicted molar refractivity (Wildman–Crippen MR) is 97.5 cm³/mol. The Morgan fingerprint density at radius 1 is 0.808 bits per heavy atom. The minimum atomic E-state index is -1.83. The molecule has 4 atom stereocenters. The molecule has 0 amide bonds. The van der Waals surface area contributed by atoms with Gasteiger partial charge in [0.2, 0.25) is 0 Å². The molecule has 0 spiro atoms. The van der Waals surface area contributed by atoms with E-state index in [1.54, 1.807) is 0 Å². The SMILES string of the molecule is CCCCCCCCCCCC(=O)OC[C@@H](O)[C@@H](O)[C@H](O)[C@@H](O)C(C)=O. The van der Waals surface area contributed by atoms with Crippen LogP contribution in [0.4, 0.5) is 0 Å². The van der Waals surface area contributed by atoms with E-state index in [-0.39, 0.29) is 6.42 Å². The molecule has 0 unspecified atom stereocenters. The summed E-state index contributed by atoms with van der Waals surface area (Å²) in [5.41, 5.74) is 0. The lowest BCUT2D eigenvalue weighted by Crippen LogP contribution is -2.48. The van der Waals surface area contributed by atoms with Gasteiger partial charge in [0.05, 0.1) is 0 Å². The van der Waals surface area contributed by atoms with Crippen LogP contribution in [0.25, 0.3) is 0 Å². The number of hydrogen-bond donors (Lipinski definition) is 4. The summed E-state index contributed by atoms with van der Waals surface area (Å²) in [6, 6.07) is 0. The molecule has 7 nitrogen and oxygen atoms in total. The van der Waals surface area contributed by atoms with Crippen LogP contribution in [0.1, 0.15) is 78.1 Å². The maximum atomic E-state index is 11.6. The Morgan fingerprint density at radius 3 is 1.81 bits per heavy atom. The van der Waals surface area contributed by atoms with Crippen molar-refractivity contribution in [2.75, 3.05) is 6.61 Å². The molecule has 0 aliphatic carbocycles. The van der Waals surface area contributed by atoms with Crippen molar-refractivity contribution in [1.82, 2.24) is 0 Å². The Balaban J connectivity index is 3.76. The van der Waals surface area contributed by atoms with Gasteiger partial charge in [0.15, 0.2) is 5.78 Å². The lowest BCUT2D eigenvalue weighted by molar-refractivity contribution is -0.158. The molecular formula is C19H36O7. The summed E-state index contributed by atoms with van der Waals surface area (Å²) < 4.78 is 4.86. The number of aliphatic hydroxyl groups is 4. The molecule has 4 N–H and O–H groups in total. The fourth-order valence-corrected chi connectivity index (χ4v) is 2.58. The number of ketones is 1. The summed E-state index contributed by atoms with van der Waals surface area (Å²) in [6.45, 7) is 2.74. The van der Waals surface area contributed by atoms with Crippen LogP contribution < -0.4 is 0 Å². The van der Waals surface area contributed by atoms with Gasteiger partial charge >= 0.3 is 5.97 Å². The molecule has 0 aromatic carbocycles. The average molecular weight is 376 g/mol. The van der Waals surface area contributed by atoms with Crippen LogP contribution in [0.5, 0.6) is 0 Å². The van der Waals surface area contributed by atoms with E-state index in [1.807, 2.05) is 0 Å². The molecule has 26 heavy (non-hydrogen) atoms. The Hall–Kier alpha value is -1.02. The number of rotatable bonds is 16. The molecular weight excluding hydrogens is 340 g/mol. The lowest BCUT2D eigenvalue weighted by Gasteiger charge is -2.25. The summed E-state index contributed by atoms with van der Waals surface area (Å²) in [7, 11) is 0. The topological polar surface area (TPSA) is 124 Å². The Labute approximate surface area is 156 Å². The zero-order valence-corrected chi connectivity index (χ0v) is 16.1. The molecule has 0 rings (SSSR count). The van der Waals surface area contributed by atoms with Gasteiger partial charge in [0, 0.05) is 6.42 Å². The second kappa shape index (κ2) is 15.1. The molecule has 0 heterocycles. The Bertz CT molecular complexity index is 386. The van der Waals surface area contributed by atoms with Crippen molar-refractivity contribution in [1.29, 1.82) is 0 Å². The van der Waals surface area contributed by atoms with Gasteiger partial charge in [-0.3, -0.25) is 9.59 Å². The Kier molecular flexibility index (Phi) is 14.5. The molecule has 0 saturated carbocycles. The number of carbonyl (C=O) groups is 2. The van der Waals surface area contributed by atoms with Crippen molar-refractivity contribution >= 4 is 11.8 Å². The third kappa shape index (κ3) is 11.6. The van der Waals surface area contributed by atoms with Gasteiger partial charge in [-0.25, -0.2) is 0 Å². The Morgan fingerprint density at radius 2 is 1.31 bits per heavy atom. The second-order valence-corrected chi connectivity index (χ2v) is 6.87. The van der Waals surface area contributed by atoms with Crippen LogP contribution in [-0.2, 0) is 14.3 Å². The predicted octanol–water partition coefficient (Wildman–Crippen LogP) is 1.48. The number of hydrogen-bond acceptors (Lipinski definition) is 7. The summed E-state index contributed by atoms with van der Waals surface area (Å²) in [4.78, 5) is 22.6. The lowest BCUT2D eigenvalue weighted by atomic mass is 10.0. The van der Waals surface area contributed by atoms with Crippen LogP contribution in [-0.4, -0.2) is 63.2 Å². The molecule has 0 aromatic heterocycles. The van der Waals surface area contributed by atoms with Crippen molar-refractivity contribution in [2.45, 2.75) is 102 Å². The van der Waals surface area contributed by atoms with Crippen molar-refractivity contribution in [3.63, 3.8) is 0 Å². The fraction of sp³-hybridized carbons (Fsp3) is 0.895. The zero-order chi connectivity index (χ0) is 19.9. The van der Waals surface area contributed by atoms with E-state index in [4.69, 9.17) is 4.74 Å². The van der Waals surface area contributed by atoms with Gasteiger partial charge in [0.25, 0.3) is 0 Å². The first kappa shape index (κ1) is 25.0. The van der Waals surface area contributed by atoms with Crippen LogP contribution in [0.3, 0.4) is 0 Å². The maximum Gasteiger partial charge on any atom is 0.305 e. The number of aliphatic hydroxyl groups excluding tert-OH is 4. The van der Waals surface area contributed by atoms with Crippen molar-refractivity contribution in [3.8, 4) is 0 Å². The maximum absolute atomic E-state index is 11.6. The number of esters is 1. The number of unbranched alkanes of at least 4 members (excludes halogenated alkanes) is 8. The second-order valence-electron chi connectivity index (χ2n) is 6.87. The molecule has 0 fully saturated rings. The zero-order valence-electron chi connectivity index (χ0n) is 16.1. The van der Waals surface area contributed by atoms with Crippen LogP contribution in [0.2, 0.25) is 0 Å². The minimum Gasteiger partial charge on any atom is -0.463 e. The van der Waals surface area contributed by atoms with E-state index in [0.29, 0.717) is 6.42 Å². The van der Waals surface area contributed by atoms with Crippen LogP contribution >= 0.6 is 0 Å². The molecule has 7 heteroatoms. The largest absolute Gasteiger partial charge is 0.463 e. The summed E-state index contributed by atoms with van der Waals surface area (Å²) in [5, 5.41) is 38.3. The number of Topliss-reactive ketones (excluding diaryl/α,β-unsaturated/α-hetero) is 1. The highest BCUT2D eigenvalue weighted by Gasteiger charge is 2.33. The third-order valence-corrected chi connectivity index (χ3v) is 4.38. The number of carbonyl (C=O) groups excluding carboxylic acids is 2. The van der Waals surface area contributed by atoms with Gasteiger partial charge in [0.1, 0.15) is 31.0 Å². The first-order chi connectivity index (χ1) is 12.3. The van der Waals surface area contributed by atoms with Crippen LogP contribution in [0, 0.1) is 0 Å². The highest BCUT2D eigenvalue weighted by atomic mass is 16.5. The molecule has 0 saturated heterocycles. The van der Waals surface area contributed by atoms with Gasteiger partial charge in [-0.05, 0) is 13.3 Å². The summed E-state index contributed by atoms with van der Waals surface area (Å²) in [6.07, 6.45) is 3.44. The van der Waals surface area contributed by atoms with E-state index >= 15 is 0 Å². The minimum absolute atomic E-state index is 0.233. The van der Waals surface area contributed by atoms with Gasteiger partial charge in [-0.1, -0.05) is 58.3 Å². The van der Waals surface area contributed by atoms with E-state index in [1.165, 1.54) is 38.5 Å². The molecule has 0 aliphatic rings. The van der Waals surface area contributed by atoms with Crippen molar-refractivity contribution < 1.29 is 34.8 Å². The smallest absolute Gasteiger partial charge is 0.305 e. The molecule has 0 aromatic rings. The highest BCUT2D eigenvalue weighted by molar-refractivity contribution is 5.80. The summed E-state index contributed by atoms with van der Waals surface area (Å²) >= 11 is 0. The molecule has 0 aliphatic heterocycles. The van der Waals surface area contributed by atoms with Crippen LogP contribution in [0.15, 0.2) is 0 Å². The molecule has 154 valence electrons. The van der Waals surface area contributed by atoms with Gasteiger partial charge < -0.3 is 25.2 Å². The van der Waals surface area contributed by atoms with E-state index in [0.717, 1.165) is 19.8 Å². The monoisotopic (exact) mass is 376 g/mol. The number of ether oxygens (including phenoxy) is 1. The molecule has 0 radical (unpaired) electrons. The highest BCUT2D eigenvalue weighted by Crippen LogP contribution is 2.11. The van der Waals surface area contributed by atoms with Gasteiger partial charge in [-0.2, -0.15) is 0 Å². The normalized spacial score (nSPS) is 15.9. The van der Waals surface area contributed by atoms with E-state index in [9.17, 15) is 30.0 Å². The van der Waals surface area contributed by atoms with E-state index in [2.05, 4.69) is 6.92 Å². The summed E-state index contributed by atoms with van der Waals surface area (Å²) in [5.74, 6) is -1.22. The fourth-order valence-electron chi connectivity index (χ4n) is 2.58. The first-order valence-corrected chi connectivity index (χ1v) is 9.69. The standard InChI is InChI=1S/C19H36O7/c1-3-4-5-6-7-8-9-10-11-12-16(22)26-13-15(21)18(24)19(25)17(23)14(2)20/h15,17-19,21,23-25H,3-13H2,1-2H3/t15-,17+,18-,19-/m1/s1. The van der Waals surface area contributed by atoms with Crippen molar-refractivity contribution in [2.24, 2.45) is 0 Å². The quantitative estimate of drug-likeness (QED) is 0.237. The van der Waals surface area contributed by atoms with Gasteiger partial charge in [-0.15, -0.1) is 0 Å². The average Bonchev–Trinajstić information content (AvgIpc) is 2.62. The van der Waals surface area contributed by atoms with E-state index < -0.39 is 42.8 Å². The third-order valence-electron chi connectivity index (χ3n) is 4.38. The first-order valence-electron chi connectivity index (χ1n) is 9.69.